The Morgan fingerprint density at radius 1 is 1.06 bits per heavy atom. The van der Waals surface area contributed by atoms with Gasteiger partial charge in [-0.05, 0) is 91.1 Å². The van der Waals surface area contributed by atoms with Crippen LogP contribution in [0, 0.1) is 11.8 Å². The van der Waals surface area contributed by atoms with Crippen molar-refractivity contribution >= 4 is 27.4 Å². The van der Waals surface area contributed by atoms with E-state index < -0.39 is 16.1 Å². The molecule has 2 aromatic carbocycles. The summed E-state index contributed by atoms with van der Waals surface area (Å²) in [5.74, 6) is 0.712. The van der Waals surface area contributed by atoms with Crippen molar-refractivity contribution in [1.29, 1.82) is 0 Å². The molecule has 3 aromatic rings. The molecule has 1 aromatic heterocycles. The molecule has 1 heterocycles. The zero-order chi connectivity index (χ0) is 24.8. The summed E-state index contributed by atoms with van der Waals surface area (Å²) in [6.45, 7) is 0. The predicted molar refractivity (Wildman–Crippen MR) is 136 cm³/mol. The molecule has 184 valence electrons. The van der Waals surface area contributed by atoms with Gasteiger partial charge < -0.3 is 15.7 Å². The molecule has 0 aliphatic heterocycles. The molecule has 9 heteroatoms. The Hall–Kier alpha value is -3.43. The standard InChI is InChI=1S/C26H30N4O4S/c1-27-26(32)29-22-10-12-24(13-11-22)35(33,34)30-23-8-5-18(6-9-23)15-19-4-7-20(16-19)25(31)21-3-2-14-28-17-21/h2-3,5-6,8-14,17,19-20,25,30-31H,4,7,15-16H2,1H3,(H2,27,29,32)/t19?,20-,25-/m0/s1. The number of hydrogen-bond acceptors (Lipinski definition) is 5. The Bertz CT molecular complexity index is 1230. The number of carbonyl (C=O) groups is 1. The molecule has 0 bridgehead atoms. The quantitative estimate of drug-likeness (QED) is 0.372. The normalized spacial score (nSPS) is 18.6. The Morgan fingerprint density at radius 2 is 1.77 bits per heavy atom. The van der Waals surface area contributed by atoms with E-state index in [4.69, 9.17) is 0 Å². The number of benzene rings is 2. The lowest BCUT2D eigenvalue weighted by Crippen LogP contribution is -2.24. The van der Waals surface area contributed by atoms with E-state index in [0.717, 1.165) is 36.8 Å². The molecule has 2 amide bonds. The van der Waals surface area contributed by atoms with Crippen LogP contribution in [0.2, 0.25) is 0 Å². The fourth-order valence-electron chi connectivity index (χ4n) is 4.58. The molecule has 8 nitrogen and oxygen atoms in total. The number of aliphatic hydroxyl groups is 1. The van der Waals surface area contributed by atoms with Crippen molar-refractivity contribution in [2.75, 3.05) is 17.1 Å². The van der Waals surface area contributed by atoms with E-state index in [9.17, 15) is 18.3 Å². The highest BCUT2D eigenvalue weighted by atomic mass is 32.2. The van der Waals surface area contributed by atoms with Gasteiger partial charge in [0.25, 0.3) is 10.0 Å². The molecule has 0 saturated heterocycles. The monoisotopic (exact) mass is 494 g/mol. The van der Waals surface area contributed by atoms with Gasteiger partial charge in [0.2, 0.25) is 0 Å². The van der Waals surface area contributed by atoms with Crippen molar-refractivity contribution in [3.05, 3.63) is 84.2 Å². The average Bonchev–Trinajstić information content (AvgIpc) is 3.34. The van der Waals surface area contributed by atoms with E-state index in [1.165, 1.54) is 31.3 Å². The first-order valence-corrected chi connectivity index (χ1v) is 13.1. The van der Waals surface area contributed by atoms with Gasteiger partial charge >= 0.3 is 6.03 Å². The minimum Gasteiger partial charge on any atom is -0.388 e. The third kappa shape index (κ3) is 6.37. The maximum atomic E-state index is 12.7. The van der Waals surface area contributed by atoms with Gasteiger partial charge in [-0.25, -0.2) is 13.2 Å². The summed E-state index contributed by atoms with van der Waals surface area (Å²) in [4.78, 5) is 15.6. The molecule has 0 radical (unpaired) electrons. The lowest BCUT2D eigenvalue weighted by molar-refractivity contribution is 0.109. The largest absolute Gasteiger partial charge is 0.388 e. The van der Waals surface area contributed by atoms with E-state index in [2.05, 4.69) is 20.3 Å². The van der Waals surface area contributed by atoms with Gasteiger partial charge in [0.15, 0.2) is 0 Å². The third-order valence-corrected chi connectivity index (χ3v) is 7.83. The van der Waals surface area contributed by atoms with Crippen LogP contribution in [0.25, 0.3) is 0 Å². The maximum Gasteiger partial charge on any atom is 0.318 e. The number of aliphatic hydroxyl groups excluding tert-OH is 1. The molecule has 4 N–H and O–H groups in total. The van der Waals surface area contributed by atoms with Crippen molar-refractivity contribution < 1.29 is 18.3 Å². The van der Waals surface area contributed by atoms with Crippen LogP contribution in [0.5, 0.6) is 0 Å². The van der Waals surface area contributed by atoms with Crippen LogP contribution < -0.4 is 15.4 Å². The summed E-state index contributed by atoms with van der Waals surface area (Å²) in [5.41, 5.74) is 2.98. The van der Waals surface area contributed by atoms with Crippen LogP contribution in [0.3, 0.4) is 0 Å². The van der Waals surface area contributed by atoms with Gasteiger partial charge in [0, 0.05) is 30.8 Å². The second kappa shape index (κ2) is 10.9. The first-order valence-electron chi connectivity index (χ1n) is 11.6. The first-order chi connectivity index (χ1) is 16.8. The molecule has 1 aliphatic rings. The summed E-state index contributed by atoms with van der Waals surface area (Å²) in [5, 5.41) is 15.7. The van der Waals surface area contributed by atoms with Gasteiger partial charge in [0.05, 0.1) is 11.0 Å². The van der Waals surface area contributed by atoms with Crippen molar-refractivity contribution in [3.8, 4) is 0 Å². The number of anilines is 2. The molecule has 1 aliphatic carbocycles. The van der Waals surface area contributed by atoms with Crippen LogP contribution >= 0.6 is 0 Å². The van der Waals surface area contributed by atoms with E-state index in [1.807, 2.05) is 24.3 Å². The van der Waals surface area contributed by atoms with Crippen molar-refractivity contribution in [2.45, 2.75) is 36.7 Å². The molecular weight excluding hydrogens is 464 g/mol. The van der Waals surface area contributed by atoms with E-state index in [-0.39, 0.29) is 16.8 Å². The highest BCUT2D eigenvalue weighted by Gasteiger charge is 2.30. The molecule has 1 saturated carbocycles. The average molecular weight is 495 g/mol. The summed E-state index contributed by atoms with van der Waals surface area (Å²) in [6, 6.07) is 16.8. The summed E-state index contributed by atoms with van der Waals surface area (Å²) in [7, 11) is -2.25. The molecule has 35 heavy (non-hydrogen) atoms. The number of hydrogen-bond donors (Lipinski definition) is 4. The SMILES string of the molecule is CNC(=O)Nc1ccc(S(=O)(=O)Nc2ccc(CC3CC[C@H]([C@H](O)c4cccnc4)C3)cc2)cc1. The van der Waals surface area contributed by atoms with Crippen molar-refractivity contribution in [1.82, 2.24) is 10.3 Å². The second-order valence-corrected chi connectivity index (χ2v) is 10.6. The van der Waals surface area contributed by atoms with Crippen molar-refractivity contribution in [3.63, 3.8) is 0 Å². The Labute approximate surface area is 205 Å². The van der Waals surface area contributed by atoms with Crippen molar-refractivity contribution in [2.24, 2.45) is 11.8 Å². The highest BCUT2D eigenvalue weighted by Crippen LogP contribution is 2.40. The lowest BCUT2D eigenvalue weighted by Gasteiger charge is -2.18. The van der Waals surface area contributed by atoms with Gasteiger partial charge in [-0.1, -0.05) is 18.2 Å². The first kappa shape index (κ1) is 24.7. The Kier molecular flexibility index (Phi) is 7.67. The molecule has 1 fully saturated rings. The van der Waals surface area contributed by atoms with Gasteiger partial charge in [0.1, 0.15) is 0 Å². The zero-order valence-corrected chi connectivity index (χ0v) is 20.3. The van der Waals surface area contributed by atoms with Gasteiger partial charge in [-0.3, -0.25) is 9.71 Å². The zero-order valence-electron chi connectivity index (χ0n) is 19.5. The minimum absolute atomic E-state index is 0.105. The van der Waals surface area contributed by atoms with E-state index in [0.29, 0.717) is 17.3 Å². The van der Waals surface area contributed by atoms with E-state index in [1.54, 1.807) is 24.5 Å². The molecule has 0 spiro atoms. The summed E-state index contributed by atoms with van der Waals surface area (Å²) >= 11 is 0. The lowest BCUT2D eigenvalue weighted by atomic mass is 9.92. The molecular formula is C26H30N4O4S. The molecule has 4 rings (SSSR count). The minimum atomic E-state index is -3.75. The van der Waals surface area contributed by atoms with Crippen LogP contribution in [0.1, 0.15) is 36.5 Å². The fraction of sp³-hybridized carbons (Fsp3) is 0.308. The topological polar surface area (TPSA) is 120 Å². The van der Waals surface area contributed by atoms with Crippen LogP contribution in [0.4, 0.5) is 16.2 Å². The highest BCUT2D eigenvalue weighted by molar-refractivity contribution is 7.92. The number of carbonyl (C=O) groups excluding carboxylic acids is 1. The smallest absolute Gasteiger partial charge is 0.318 e. The van der Waals surface area contributed by atoms with E-state index >= 15 is 0 Å². The van der Waals surface area contributed by atoms with Crippen LogP contribution in [0.15, 0.2) is 78.0 Å². The fourth-order valence-corrected chi connectivity index (χ4v) is 5.63. The second-order valence-electron chi connectivity index (χ2n) is 8.91. The summed E-state index contributed by atoms with van der Waals surface area (Å²) in [6.07, 6.45) is 6.84. The number of pyridine rings is 1. The molecule has 3 atom stereocenters. The third-order valence-electron chi connectivity index (χ3n) is 6.43. The number of urea groups is 1. The number of sulfonamides is 1. The van der Waals surface area contributed by atoms with Gasteiger partial charge in [-0.2, -0.15) is 0 Å². The Morgan fingerprint density at radius 3 is 2.43 bits per heavy atom. The predicted octanol–water partition coefficient (Wildman–Crippen LogP) is 4.33. The number of aromatic nitrogens is 1. The number of nitrogens with zero attached hydrogens (tertiary/aromatic N) is 1. The summed E-state index contributed by atoms with van der Waals surface area (Å²) < 4.78 is 28.1. The van der Waals surface area contributed by atoms with Crippen LogP contribution in [-0.2, 0) is 16.4 Å². The van der Waals surface area contributed by atoms with Gasteiger partial charge in [-0.15, -0.1) is 0 Å². The number of amides is 2. The maximum absolute atomic E-state index is 12.7. The van der Waals surface area contributed by atoms with Crippen LogP contribution in [-0.4, -0.2) is 31.6 Å². The molecule has 1 unspecified atom stereocenters. The number of rotatable bonds is 8. The number of nitrogens with one attached hydrogen (secondary N) is 3. The Balaban J connectivity index is 1.32.